The number of ether oxygens (including phenoxy) is 2. The Kier molecular flexibility index (Phi) is 6.72. The van der Waals surface area contributed by atoms with Gasteiger partial charge < -0.3 is 19.7 Å². The number of methoxy groups -OCH3 is 1. The molecule has 0 spiro atoms. The van der Waals surface area contributed by atoms with Crippen LogP contribution < -0.4 is 15.0 Å². The van der Waals surface area contributed by atoms with Crippen LogP contribution in [-0.4, -0.2) is 38.0 Å². The molecule has 7 heteroatoms. The van der Waals surface area contributed by atoms with Crippen molar-refractivity contribution in [3.63, 3.8) is 0 Å². The molecule has 1 heterocycles. The zero-order valence-electron chi connectivity index (χ0n) is 17.4. The second kappa shape index (κ2) is 9.43. The molecule has 158 valence electrons. The first-order valence-corrected chi connectivity index (χ1v) is 9.93. The number of hydrogen-bond donors (Lipinski definition) is 1. The van der Waals surface area contributed by atoms with Gasteiger partial charge in [-0.15, -0.1) is 0 Å². The van der Waals surface area contributed by atoms with Gasteiger partial charge in [0.2, 0.25) is 5.91 Å². The van der Waals surface area contributed by atoms with Gasteiger partial charge in [-0.2, -0.15) is 0 Å². The molecule has 1 aliphatic heterocycles. The summed E-state index contributed by atoms with van der Waals surface area (Å²) in [6.45, 7) is 3.72. The number of hydrogen-bond acceptors (Lipinski definition) is 5. The van der Waals surface area contributed by atoms with E-state index in [-0.39, 0.29) is 18.9 Å². The number of nitrogens with one attached hydrogen (secondary N) is 1. The van der Waals surface area contributed by atoms with E-state index in [4.69, 9.17) is 9.47 Å². The first-order valence-electron chi connectivity index (χ1n) is 9.93. The number of esters is 1. The van der Waals surface area contributed by atoms with Crippen molar-refractivity contribution in [2.45, 2.75) is 26.7 Å². The Bertz CT molecular complexity index is 956. The predicted octanol–water partition coefficient (Wildman–Crippen LogP) is 3.10. The Labute approximate surface area is 176 Å². The van der Waals surface area contributed by atoms with E-state index in [0.717, 1.165) is 23.2 Å². The molecule has 0 radical (unpaired) electrons. The molecule has 1 N–H and O–H groups in total. The number of amides is 2. The number of nitrogens with zero attached hydrogens (tertiary/aromatic N) is 1. The number of rotatable bonds is 7. The van der Waals surface area contributed by atoms with Gasteiger partial charge in [0.1, 0.15) is 5.75 Å². The second-order valence-corrected chi connectivity index (χ2v) is 7.20. The van der Waals surface area contributed by atoms with Crippen LogP contribution >= 0.6 is 0 Å². The number of para-hydroxylation sites is 3. The van der Waals surface area contributed by atoms with E-state index in [1.165, 1.54) is 12.0 Å². The quantitative estimate of drug-likeness (QED) is 0.709. The fraction of sp³-hybridized carbons (Fsp3) is 0.348. The fourth-order valence-electron chi connectivity index (χ4n) is 3.58. The minimum atomic E-state index is -0.625. The summed E-state index contributed by atoms with van der Waals surface area (Å²) < 4.78 is 10.5. The van der Waals surface area contributed by atoms with Crippen LogP contribution in [0.15, 0.2) is 42.5 Å². The summed E-state index contributed by atoms with van der Waals surface area (Å²) in [5.74, 6) is -1.21. The standard InChI is InChI=1S/C23H26N2O5/c1-4-16-9-7-8-15(2)22(16)24-20(26)14-30-23(28)17-12-21(27)25(13-17)18-10-5-6-11-19(18)29-3/h5-11,17H,4,12-14H2,1-3H3,(H,24,26)/t17-/m1/s1. The second-order valence-electron chi connectivity index (χ2n) is 7.20. The summed E-state index contributed by atoms with van der Waals surface area (Å²) in [5, 5.41) is 2.82. The summed E-state index contributed by atoms with van der Waals surface area (Å²) in [4.78, 5) is 38.7. The summed E-state index contributed by atoms with van der Waals surface area (Å²) in [7, 11) is 1.53. The molecule has 2 aromatic carbocycles. The van der Waals surface area contributed by atoms with Crippen molar-refractivity contribution in [1.29, 1.82) is 0 Å². The summed E-state index contributed by atoms with van der Waals surface area (Å²) in [6.07, 6.45) is 0.816. The molecule has 1 atom stereocenters. The maximum atomic E-state index is 12.5. The average molecular weight is 410 g/mol. The minimum absolute atomic E-state index is 0.0380. The number of carbonyl (C=O) groups is 3. The molecule has 0 aromatic heterocycles. The normalized spacial score (nSPS) is 15.8. The van der Waals surface area contributed by atoms with E-state index in [2.05, 4.69) is 5.32 Å². The molecule has 2 amide bonds. The van der Waals surface area contributed by atoms with E-state index in [0.29, 0.717) is 11.4 Å². The molecule has 1 fully saturated rings. The molecule has 7 nitrogen and oxygen atoms in total. The molecule has 3 rings (SSSR count). The van der Waals surface area contributed by atoms with Gasteiger partial charge in [-0.1, -0.05) is 37.3 Å². The highest BCUT2D eigenvalue weighted by Gasteiger charge is 2.37. The van der Waals surface area contributed by atoms with Crippen molar-refractivity contribution < 1.29 is 23.9 Å². The highest BCUT2D eigenvalue weighted by atomic mass is 16.5. The first kappa shape index (κ1) is 21.4. The third kappa shape index (κ3) is 4.62. The van der Waals surface area contributed by atoms with Gasteiger partial charge in [-0.3, -0.25) is 14.4 Å². The third-order valence-corrected chi connectivity index (χ3v) is 5.18. The number of benzene rings is 2. The number of anilines is 2. The molecular formula is C23H26N2O5. The minimum Gasteiger partial charge on any atom is -0.495 e. The lowest BCUT2D eigenvalue weighted by atomic mass is 10.1. The van der Waals surface area contributed by atoms with Crippen LogP contribution in [0.25, 0.3) is 0 Å². The Hall–Kier alpha value is -3.35. The van der Waals surface area contributed by atoms with Crippen LogP contribution in [0, 0.1) is 12.8 Å². The molecule has 0 saturated carbocycles. The lowest BCUT2D eigenvalue weighted by molar-refractivity contribution is -0.151. The van der Waals surface area contributed by atoms with Gasteiger partial charge in [-0.05, 0) is 36.6 Å². The van der Waals surface area contributed by atoms with E-state index in [1.54, 1.807) is 18.2 Å². The molecule has 30 heavy (non-hydrogen) atoms. The molecule has 0 bridgehead atoms. The largest absolute Gasteiger partial charge is 0.495 e. The van der Waals surface area contributed by atoms with Crippen LogP contribution in [0.4, 0.5) is 11.4 Å². The number of aryl methyl sites for hydroxylation is 2. The van der Waals surface area contributed by atoms with Gasteiger partial charge in [0.25, 0.3) is 5.91 Å². The molecule has 1 saturated heterocycles. The van der Waals surface area contributed by atoms with Crippen LogP contribution in [0.3, 0.4) is 0 Å². The monoisotopic (exact) mass is 410 g/mol. The van der Waals surface area contributed by atoms with E-state index < -0.39 is 24.4 Å². The van der Waals surface area contributed by atoms with Crippen molar-refractivity contribution in [1.82, 2.24) is 0 Å². The van der Waals surface area contributed by atoms with Crippen LogP contribution in [0.2, 0.25) is 0 Å². The molecule has 0 unspecified atom stereocenters. The Morgan fingerprint density at radius 1 is 1.17 bits per heavy atom. The topological polar surface area (TPSA) is 84.9 Å². The average Bonchev–Trinajstić information content (AvgIpc) is 3.14. The summed E-state index contributed by atoms with van der Waals surface area (Å²) in [6, 6.07) is 12.9. The summed E-state index contributed by atoms with van der Waals surface area (Å²) in [5.41, 5.74) is 3.33. The lowest BCUT2D eigenvalue weighted by Crippen LogP contribution is -2.28. The highest BCUT2D eigenvalue weighted by molar-refractivity contribution is 6.01. The fourth-order valence-corrected chi connectivity index (χ4v) is 3.58. The van der Waals surface area contributed by atoms with Crippen LogP contribution in [0.1, 0.15) is 24.5 Å². The smallest absolute Gasteiger partial charge is 0.311 e. The SMILES string of the molecule is CCc1cccc(C)c1NC(=O)COC(=O)[C@@H]1CC(=O)N(c2ccccc2OC)C1. The van der Waals surface area contributed by atoms with Crippen molar-refractivity contribution in [3.8, 4) is 5.75 Å². The maximum absolute atomic E-state index is 12.5. The Morgan fingerprint density at radius 2 is 1.93 bits per heavy atom. The predicted molar refractivity (Wildman–Crippen MR) is 114 cm³/mol. The van der Waals surface area contributed by atoms with Crippen molar-refractivity contribution in [2.75, 3.05) is 30.5 Å². The number of carbonyl (C=O) groups excluding carboxylic acids is 3. The van der Waals surface area contributed by atoms with Gasteiger partial charge in [0, 0.05) is 18.7 Å². The van der Waals surface area contributed by atoms with Gasteiger partial charge in [0.15, 0.2) is 6.61 Å². The lowest BCUT2D eigenvalue weighted by Gasteiger charge is -2.19. The van der Waals surface area contributed by atoms with E-state index >= 15 is 0 Å². The van der Waals surface area contributed by atoms with Crippen molar-refractivity contribution in [3.05, 3.63) is 53.6 Å². The maximum Gasteiger partial charge on any atom is 0.311 e. The van der Waals surface area contributed by atoms with E-state index in [9.17, 15) is 14.4 Å². The molecular weight excluding hydrogens is 384 g/mol. The van der Waals surface area contributed by atoms with Crippen molar-refractivity contribution >= 4 is 29.2 Å². The molecule has 1 aliphatic rings. The Morgan fingerprint density at radius 3 is 2.67 bits per heavy atom. The van der Waals surface area contributed by atoms with Gasteiger partial charge in [0.05, 0.1) is 18.7 Å². The van der Waals surface area contributed by atoms with Gasteiger partial charge in [-0.25, -0.2) is 0 Å². The molecule has 2 aromatic rings. The summed E-state index contributed by atoms with van der Waals surface area (Å²) >= 11 is 0. The van der Waals surface area contributed by atoms with Crippen LogP contribution in [0.5, 0.6) is 5.75 Å². The van der Waals surface area contributed by atoms with Crippen molar-refractivity contribution in [2.24, 2.45) is 5.92 Å². The zero-order chi connectivity index (χ0) is 21.7. The Balaban J connectivity index is 1.58. The zero-order valence-corrected chi connectivity index (χ0v) is 17.4. The third-order valence-electron chi connectivity index (χ3n) is 5.18. The van der Waals surface area contributed by atoms with Gasteiger partial charge >= 0.3 is 5.97 Å². The molecule has 0 aliphatic carbocycles. The van der Waals surface area contributed by atoms with Crippen LogP contribution in [-0.2, 0) is 25.5 Å². The highest BCUT2D eigenvalue weighted by Crippen LogP contribution is 2.33. The van der Waals surface area contributed by atoms with E-state index in [1.807, 2.05) is 38.1 Å². The first-order chi connectivity index (χ1) is 14.4.